The van der Waals surface area contributed by atoms with Crippen LogP contribution in [0.3, 0.4) is 0 Å². The van der Waals surface area contributed by atoms with Gasteiger partial charge in [-0.15, -0.1) is 0 Å². The Bertz CT molecular complexity index is 1100. The number of dihydropyridines is 1. The van der Waals surface area contributed by atoms with E-state index in [0.29, 0.717) is 40.3 Å². The van der Waals surface area contributed by atoms with E-state index in [0.717, 1.165) is 31.4 Å². The molecule has 1 aliphatic heterocycles. The van der Waals surface area contributed by atoms with Crippen LogP contribution < -0.4 is 14.8 Å². The molecular weight excluding hydrogens is 450 g/mol. The van der Waals surface area contributed by atoms with Gasteiger partial charge in [0, 0.05) is 22.9 Å². The zero-order valence-electron chi connectivity index (χ0n) is 20.9. The highest BCUT2D eigenvalue weighted by molar-refractivity contribution is 6.12. The highest BCUT2D eigenvalue weighted by atomic mass is 16.5. The molecule has 0 radical (unpaired) electrons. The molecule has 3 aliphatic rings. The zero-order valence-corrected chi connectivity index (χ0v) is 20.9. The molecule has 1 aromatic carbocycles. The van der Waals surface area contributed by atoms with Crippen LogP contribution in [0.25, 0.3) is 0 Å². The van der Waals surface area contributed by atoms with Gasteiger partial charge in [-0.3, -0.25) is 9.59 Å². The number of hydrogen-bond acceptors (Lipinski definition) is 8. The molecule has 35 heavy (non-hydrogen) atoms. The summed E-state index contributed by atoms with van der Waals surface area (Å²) in [5.41, 5.74) is 2.81. The lowest BCUT2D eigenvalue weighted by Gasteiger charge is -2.38. The number of ether oxygens (including phenoxy) is 4. The van der Waals surface area contributed by atoms with Crippen LogP contribution >= 0.6 is 0 Å². The van der Waals surface area contributed by atoms with E-state index in [-0.39, 0.29) is 17.8 Å². The molecule has 1 saturated carbocycles. The number of carbonyl (C=O) groups excluding carboxylic acids is 3. The van der Waals surface area contributed by atoms with E-state index in [2.05, 4.69) is 5.32 Å². The first-order chi connectivity index (χ1) is 16.8. The largest absolute Gasteiger partial charge is 0.493 e. The molecule has 4 rings (SSSR count). The maximum absolute atomic E-state index is 13.8. The molecule has 2 aliphatic carbocycles. The number of Topliss-reactive ketones (excluding diaryl/α,β-unsaturated/α-hetero) is 1. The van der Waals surface area contributed by atoms with Gasteiger partial charge in [-0.25, -0.2) is 4.79 Å². The molecule has 1 heterocycles. The van der Waals surface area contributed by atoms with Crippen LogP contribution in [0.1, 0.15) is 57.4 Å². The van der Waals surface area contributed by atoms with E-state index in [1.54, 1.807) is 19.2 Å². The summed E-state index contributed by atoms with van der Waals surface area (Å²) in [6.07, 6.45) is 4.07. The molecule has 1 aromatic rings. The number of hydrogen-bond donors (Lipinski definition) is 1. The average Bonchev–Trinajstić information content (AvgIpc) is 3.35. The summed E-state index contributed by atoms with van der Waals surface area (Å²) >= 11 is 0. The summed E-state index contributed by atoms with van der Waals surface area (Å²) in [6, 6.07) is 5.34. The lowest BCUT2D eigenvalue weighted by atomic mass is 9.69. The van der Waals surface area contributed by atoms with Gasteiger partial charge in [-0.1, -0.05) is 13.0 Å². The maximum atomic E-state index is 13.8. The van der Waals surface area contributed by atoms with Crippen molar-refractivity contribution in [2.45, 2.75) is 58.0 Å². The van der Waals surface area contributed by atoms with Crippen LogP contribution in [0.2, 0.25) is 0 Å². The molecule has 0 saturated heterocycles. The molecule has 0 spiro atoms. The van der Waals surface area contributed by atoms with Gasteiger partial charge < -0.3 is 24.3 Å². The van der Waals surface area contributed by atoms with Crippen molar-refractivity contribution in [2.75, 3.05) is 21.3 Å². The molecule has 8 nitrogen and oxygen atoms in total. The van der Waals surface area contributed by atoms with Gasteiger partial charge in [-0.05, 0) is 62.6 Å². The average molecular weight is 484 g/mol. The summed E-state index contributed by atoms with van der Waals surface area (Å²) in [6.45, 7) is 3.68. The smallest absolute Gasteiger partial charge is 0.337 e. The standard InChI is InChI=1S/C27H33NO7/c1-14-12-18-24(25(29)21(14)26(30)34-5)23(16-10-11-19(32-3)20(13-16)33-4)22(15(2)28-18)27(31)35-17-8-6-7-9-17/h10-11,13-14,17,21,23,28H,6-9,12H2,1-5H3/t14-,21-,23-/m0/s1. The Morgan fingerprint density at radius 3 is 2.34 bits per heavy atom. The minimum Gasteiger partial charge on any atom is -0.493 e. The number of methoxy groups -OCH3 is 3. The number of ketones is 1. The van der Waals surface area contributed by atoms with Crippen molar-refractivity contribution < 1.29 is 33.3 Å². The normalized spacial score (nSPS) is 24.6. The summed E-state index contributed by atoms with van der Waals surface area (Å²) in [5.74, 6) is -2.24. The van der Waals surface area contributed by atoms with Gasteiger partial charge >= 0.3 is 11.9 Å². The Morgan fingerprint density at radius 1 is 1.03 bits per heavy atom. The van der Waals surface area contributed by atoms with Crippen molar-refractivity contribution in [1.29, 1.82) is 0 Å². The van der Waals surface area contributed by atoms with Gasteiger partial charge in [0.2, 0.25) is 0 Å². The number of nitrogens with one attached hydrogen (secondary N) is 1. The fourth-order valence-electron chi connectivity index (χ4n) is 5.54. The van der Waals surface area contributed by atoms with Gasteiger partial charge in [0.25, 0.3) is 0 Å². The topological polar surface area (TPSA) is 100 Å². The molecule has 3 atom stereocenters. The van der Waals surface area contributed by atoms with Crippen molar-refractivity contribution in [3.63, 3.8) is 0 Å². The van der Waals surface area contributed by atoms with Crippen LogP contribution in [-0.4, -0.2) is 45.2 Å². The molecule has 0 unspecified atom stereocenters. The molecule has 1 N–H and O–H groups in total. The predicted molar refractivity (Wildman–Crippen MR) is 128 cm³/mol. The molecule has 0 aromatic heterocycles. The second kappa shape index (κ2) is 10.1. The minimum absolute atomic E-state index is 0.130. The first-order valence-corrected chi connectivity index (χ1v) is 12.1. The highest BCUT2D eigenvalue weighted by Gasteiger charge is 2.47. The number of allylic oxidation sites excluding steroid dienone is 3. The first-order valence-electron chi connectivity index (χ1n) is 12.1. The number of esters is 2. The predicted octanol–water partition coefficient (Wildman–Crippen LogP) is 3.80. The highest BCUT2D eigenvalue weighted by Crippen LogP contribution is 2.47. The van der Waals surface area contributed by atoms with E-state index in [1.807, 2.05) is 19.9 Å². The molecular formula is C27H33NO7. The number of carbonyl (C=O) groups is 3. The van der Waals surface area contributed by atoms with Crippen molar-refractivity contribution in [3.05, 3.63) is 46.3 Å². The molecule has 188 valence electrons. The van der Waals surface area contributed by atoms with Crippen molar-refractivity contribution >= 4 is 17.7 Å². The van der Waals surface area contributed by atoms with Gasteiger partial charge in [0.05, 0.1) is 26.9 Å². The second-order valence-electron chi connectivity index (χ2n) is 9.46. The molecule has 0 amide bonds. The van der Waals surface area contributed by atoms with Gasteiger partial charge in [0.15, 0.2) is 17.3 Å². The van der Waals surface area contributed by atoms with Gasteiger partial charge in [0.1, 0.15) is 12.0 Å². The van der Waals surface area contributed by atoms with E-state index >= 15 is 0 Å². The quantitative estimate of drug-likeness (QED) is 0.482. The number of benzene rings is 1. The summed E-state index contributed by atoms with van der Waals surface area (Å²) in [4.78, 5) is 39.9. The van der Waals surface area contributed by atoms with Crippen molar-refractivity contribution in [2.24, 2.45) is 11.8 Å². The molecule has 8 heteroatoms. The summed E-state index contributed by atoms with van der Waals surface area (Å²) in [5, 5.41) is 3.29. The Hall–Kier alpha value is -3.29. The van der Waals surface area contributed by atoms with Crippen LogP contribution in [0, 0.1) is 11.8 Å². The van der Waals surface area contributed by atoms with E-state index < -0.39 is 23.8 Å². The fourth-order valence-corrected chi connectivity index (χ4v) is 5.54. The lowest BCUT2D eigenvalue weighted by Crippen LogP contribution is -2.43. The van der Waals surface area contributed by atoms with Crippen LogP contribution in [0.5, 0.6) is 11.5 Å². The summed E-state index contributed by atoms with van der Waals surface area (Å²) in [7, 11) is 4.36. The third kappa shape index (κ3) is 4.54. The van der Waals surface area contributed by atoms with Crippen LogP contribution in [-0.2, 0) is 23.9 Å². The van der Waals surface area contributed by atoms with Crippen molar-refractivity contribution in [3.8, 4) is 11.5 Å². The van der Waals surface area contributed by atoms with E-state index in [4.69, 9.17) is 18.9 Å². The van der Waals surface area contributed by atoms with Crippen LogP contribution in [0.15, 0.2) is 40.7 Å². The maximum Gasteiger partial charge on any atom is 0.337 e. The van der Waals surface area contributed by atoms with Gasteiger partial charge in [-0.2, -0.15) is 0 Å². The number of rotatable bonds is 6. The Morgan fingerprint density at radius 2 is 1.71 bits per heavy atom. The van der Waals surface area contributed by atoms with E-state index in [1.165, 1.54) is 14.2 Å². The summed E-state index contributed by atoms with van der Waals surface area (Å²) < 4.78 is 21.7. The Balaban J connectivity index is 1.84. The van der Waals surface area contributed by atoms with Crippen molar-refractivity contribution in [1.82, 2.24) is 5.32 Å². The Labute approximate surface area is 205 Å². The zero-order chi connectivity index (χ0) is 25.3. The third-order valence-electron chi connectivity index (χ3n) is 7.28. The lowest BCUT2D eigenvalue weighted by molar-refractivity contribution is -0.151. The minimum atomic E-state index is -0.936. The SMILES string of the molecule is COC(=O)[C@@H]1C(=O)C2=C(C[C@@H]1C)NC(C)=C(C(=O)OC1CCCC1)[C@@H]2c1ccc(OC)c(OC)c1. The third-order valence-corrected chi connectivity index (χ3v) is 7.28. The monoisotopic (exact) mass is 483 g/mol. The first kappa shape index (κ1) is 24.8. The second-order valence-corrected chi connectivity index (χ2v) is 9.46. The molecule has 1 fully saturated rings. The van der Waals surface area contributed by atoms with Crippen LogP contribution in [0.4, 0.5) is 0 Å². The Kier molecular flexibility index (Phi) is 7.19. The molecule has 0 bridgehead atoms. The fraction of sp³-hybridized carbons (Fsp3) is 0.519. The van der Waals surface area contributed by atoms with E-state index in [9.17, 15) is 14.4 Å².